The molecule has 8 nitrogen and oxygen atoms in total. The molecule has 0 bridgehead atoms. The third-order valence-corrected chi connectivity index (χ3v) is 13.6. The second-order valence-electron chi connectivity index (χ2n) is 20.3. The number of aliphatic hydroxyl groups is 1. The van der Waals surface area contributed by atoms with E-state index in [1.165, 1.54) is 212 Å². The third kappa shape index (κ3) is 48.9. The summed E-state index contributed by atoms with van der Waals surface area (Å²) in [6.45, 7) is 4.64. The average molecular weight is 925 g/mol. The highest BCUT2D eigenvalue weighted by atomic mass is 31.2. The number of aliphatic hydroxyl groups excluding tert-OH is 1. The van der Waals surface area contributed by atoms with Gasteiger partial charge in [-0.15, -0.1) is 0 Å². The summed E-state index contributed by atoms with van der Waals surface area (Å²) in [5.74, 6) is -0.206. The Morgan fingerprint density at radius 2 is 0.875 bits per heavy atom. The van der Waals surface area contributed by atoms with Crippen molar-refractivity contribution in [3.63, 3.8) is 0 Å². The Morgan fingerprint density at radius 1 is 0.531 bits per heavy atom. The summed E-state index contributed by atoms with van der Waals surface area (Å²) in [7, 11) is 1.25. The number of nitrogens with one attached hydrogen (secondary N) is 1. The lowest BCUT2D eigenvalue weighted by Crippen LogP contribution is -2.45. The Labute approximate surface area is 398 Å². The summed E-state index contributed by atoms with van der Waals surface area (Å²) in [6.07, 6.45) is 58.5. The van der Waals surface area contributed by atoms with Crippen LogP contribution in [0.1, 0.15) is 271 Å². The van der Waals surface area contributed by atoms with Crippen molar-refractivity contribution in [1.82, 2.24) is 5.32 Å². The van der Waals surface area contributed by atoms with Crippen LogP contribution in [0.2, 0.25) is 0 Å². The van der Waals surface area contributed by atoms with Crippen molar-refractivity contribution in [3.8, 4) is 0 Å². The molecule has 3 atom stereocenters. The van der Waals surface area contributed by atoms with Crippen molar-refractivity contribution in [1.29, 1.82) is 0 Å². The maximum absolute atomic E-state index is 12.8. The number of allylic oxidation sites excluding steroid dienone is 3. The summed E-state index contributed by atoms with van der Waals surface area (Å²) in [4.78, 5) is 25.3. The molecule has 0 fully saturated rings. The van der Waals surface area contributed by atoms with Gasteiger partial charge in [-0.1, -0.05) is 256 Å². The van der Waals surface area contributed by atoms with Crippen molar-refractivity contribution >= 4 is 13.7 Å². The van der Waals surface area contributed by atoms with Gasteiger partial charge in [0.05, 0.1) is 39.9 Å². The summed E-state index contributed by atoms with van der Waals surface area (Å²) in [6, 6.07) is -0.898. The van der Waals surface area contributed by atoms with Crippen LogP contribution in [0.3, 0.4) is 0 Å². The van der Waals surface area contributed by atoms with Crippen molar-refractivity contribution in [2.45, 2.75) is 283 Å². The number of unbranched alkanes of at least 4 members (excludes halogenated alkanes) is 36. The molecule has 9 heteroatoms. The van der Waals surface area contributed by atoms with E-state index in [0.717, 1.165) is 38.5 Å². The molecule has 380 valence electrons. The van der Waals surface area contributed by atoms with E-state index in [4.69, 9.17) is 9.05 Å². The van der Waals surface area contributed by atoms with Gasteiger partial charge >= 0.3 is 0 Å². The maximum Gasteiger partial charge on any atom is 0.268 e. The van der Waals surface area contributed by atoms with Crippen LogP contribution in [-0.4, -0.2) is 68.5 Å². The summed E-state index contributed by atoms with van der Waals surface area (Å²) in [5, 5.41) is 13.8. The van der Waals surface area contributed by atoms with Gasteiger partial charge < -0.3 is 28.8 Å². The molecule has 0 saturated carbocycles. The number of hydrogen-bond donors (Lipinski definition) is 2. The van der Waals surface area contributed by atoms with Crippen LogP contribution in [0.15, 0.2) is 24.3 Å². The van der Waals surface area contributed by atoms with Crippen LogP contribution in [-0.2, 0) is 18.4 Å². The summed E-state index contributed by atoms with van der Waals surface area (Å²) < 4.78 is 23.2. The first-order valence-electron chi connectivity index (χ1n) is 27.7. The minimum absolute atomic E-state index is 0.00415. The fourth-order valence-corrected chi connectivity index (χ4v) is 9.01. The van der Waals surface area contributed by atoms with Gasteiger partial charge in [0.1, 0.15) is 13.2 Å². The molecule has 3 unspecified atom stereocenters. The molecule has 0 heterocycles. The molecule has 0 aromatic carbocycles. The molecule has 0 aromatic heterocycles. The Hall–Kier alpha value is -1.02. The summed E-state index contributed by atoms with van der Waals surface area (Å²) >= 11 is 0. The second kappa shape index (κ2) is 47.1. The van der Waals surface area contributed by atoms with Crippen LogP contribution in [0.25, 0.3) is 0 Å². The van der Waals surface area contributed by atoms with Crippen LogP contribution in [0.4, 0.5) is 0 Å². The number of carbonyl (C=O) groups is 1. The number of quaternary nitrogens is 1. The standard InChI is InChI=1S/C55H109N2O6P/c1-6-8-10-12-14-16-18-19-20-21-22-23-24-25-26-27-28-29-30-31-32-33-34-35-36-37-39-40-42-44-46-48-54(58)53(52-63-64(60,61)62-51-50-57(3,4)5)56-55(59)49-47-45-43-41-38-17-15-13-11-9-7-2/h39-40,46,48,53-54,58H,6-38,41-45,47,49-52H2,1-5H3,(H-,56,59,60,61)/b40-39+,48-46+. The van der Waals surface area contributed by atoms with Gasteiger partial charge in [0.2, 0.25) is 5.91 Å². The first-order valence-corrected chi connectivity index (χ1v) is 29.2. The fraction of sp³-hybridized carbons (Fsp3) is 0.909. The molecule has 0 spiro atoms. The maximum atomic E-state index is 12.8. The lowest BCUT2D eigenvalue weighted by Gasteiger charge is -2.29. The van der Waals surface area contributed by atoms with Gasteiger partial charge in [-0.25, -0.2) is 0 Å². The fourth-order valence-electron chi connectivity index (χ4n) is 8.29. The van der Waals surface area contributed by atoms with Crippen LogP contribution in [0.5, 0.6) is 0 Å². The molecule has 1 amide bonds. The van der Waals surface area contributed by atoms with E-state index in [0.29, 0.717) is 17.4 Å². The smallest absolute Gasteiger partial charge is 0.268 e. The zero-order chi connectivity index (χ0) is 47.1. The van der Waals surface area contributed by atoms with Gasteiger partial charge in [-0.2, -0.15) is 0 Å². The predicted octanol–water partition coefficient (Wildman–Crippen LogP) is 15.8. The Bertz CT molecular complexity index is 1090. The SMILES string of the molecule is CCCCCCCCCCCCCCCCCCCCCCCCCCC/C=C/CC/C=C/C(O)C(COP(=O)([O-])OCC[N+](C)(C)C)NC(=O)CCCCCCCCCCCCC. The van der Waals surface area contributed by atoms with Gasteiger partial charge in [-0.05, 0) is 32.1 Å². The zero-order valence-corrected chi connectivity index (χ0v) is 44.1. The molecule has 0 radical (unpaired) electrons. The molecule has 0 aliphatic carbocycles. The number of phosphoric ester groups is 1. The van der Waals surface area contributed by atoms with E-state index in [-0.39, 0.29) is 19.1 Å². The van der Waals surface area contributed by atoms with Gasteiger partial charge in [0, 0.05) is 6.42 Å². The minimum Gasteiger partial charge on any atom is -0.756 e. The molecule has 0 aliphatic rings. The summed E-state index contributed by atoms with van der Waals surface area (Å²) in [5.41, 5.74) is 0. The second-order valence-corrected chi connectivity index (χ2v) is 21.7. The first-order chi connectivity index (χ1) is 31.0. The number of carbonyl (C=O) groups excluding carboxylic acids is 1. The van der Waals surface area contributed by atoms with E-state index in [1.807, 2.05) is 27.2 Å². The number of amides is 1. The molecule has 64 heavy (non-hydrogen) atoms. The van der Waals surface area contributed by atoms with Crippen molar-refractivity contribution < 1.29 is 32.9 Å². The van der Waals surface area contributed by atoms with Crippen molar-refractivity contribution in [2.24, 2.45) is 0 Å². The van der Waals surface area contributed by atoms with E-state index >= 15 is 0 Å². The highest BCUT2D eigenvalue weighted by Crippen LogP contribution is 2.38. The largest absolute Gasteiger partial charge is 0.756 e. The number of rotatable bonds is 51. The Morgan fingerprint density at radius 3 is 1.27 bits per heavy atom. The van der Waals surface area contributed by atoms with Gasteiger partial charge in [0.15, 0.2) is 0 Å². The minimum atomic E-state index is -4.59. The number of likely N-dealkylation sites (N-methyl/N-ethyl adjacent to an activating group) is 1. The molecular weight excluding hydrogens is 816 g/mol. The number of hydrogen-bond acceptors (Lipinski definition) is 6. The normalized spacial score (nSPS) is 14.2. The zero-order valence-electron chi connectivity index (χ0n) is 43.3. The van der Waals surface area contributed by atoms with E-state index in [2.05, 4.69) is 31.3 Å². The van der Waals surface area contributed by atoms with E-state index in [1.54, 1.807) is 6.08 Å². The topological polar surface area (TPSA) is 108 Å². The molecule has 0 aromatic rings. The lowest BCUT2D eigenvalue weighted by atomic mass is 10.0. The van der Waals surface area contributed by atoms with Crippen LogP contribution < -0.4 is 10.2 Å². The molecular formula is C55H109N2O6P. The van der Waals surface area contributed by atoms with Gasteiger partial charge in [0.25, 0.3) is 7.82 Å². The Balaban J connectivity index is 4.08. The third-order valence-electron chi connectivity index (χ3n) is 12.7. The Kier molecular flexibility index (Phi) is 46.3. The molecule has 0 rings (SSSR count). The quantitative estimate of drug-likeness (QED) is 0.0272. The van der Waals surface area contributed by atoms with E-state index in [9.17, 15) is 19.4 Å². The predicted molar refractivity (Wildman–Crippen MR) is 275 cm³/mol. The molecule has 0 saturated heterocycles. The number of phosphoric acid groups is 1. The van der Waals surface area contributed by atoms with E-state index < -0.39 is 20.0 Å². The number of nitrogens with zero attached hydrogens (tertiary/aromatic N) is 1. The van der Waals surface area contributed by atoms with Crippen molar-refractivity contribution in [3.05, 3.63) is 24.3 Å². The monoisotopic (exact) mass is 925 g/mol. The van der Waals surface area contributed by atoms with Crippen LogP contribution in [0, 0.1) is 0 Å². The highest BCUT2D eigenvalue weighted by molar-refractivity contribution is 7.45. The van der Waals surface area contributed by atoms with Crippen LogP contribution >= 0.6 is 7.82 Å². The van der Waals surface area contributed by atoms with Crippen molar-refractivity contribution in [2.75, 3.05) is 40.9 Å². The highest BCUT2D eigenvalue weighted by Gasteiger charge is 2.23. The van der Waals surface area contributed by atoms with Gasteiger partial charge in [-0.3, -0.25) is 9.36 Å². The average Bonchev–Trinajstić information content (AvgIpc) is 3.25. The molecule has 2 N–H and O–H groups in total. The lowest BCUT2D eigenvalue weighted by molar-refractivity contribution is -0.870. The molecule has 0 aliphatic heterocycles. The first kappa shape index (κ1) is 63.0.